The predicted molar refractivity (Wildman–Crippen MR) is 26.7 cm³/mol. The first-order valence-electron chi connectivity index (χ1n) is 1.73. The molecule has 0 aromatic rings. The van der Waals surface area contributed by atoms with Crippen molar-refractivity contribution in [2.24, 2.45) is 0 Å². The van der Waals surface area contributed by atoms with Crippen molar-refractivity contribution < 1.29 is 0 Å². The standard InChI is InChI=1S/B3H3N3/c1-4-2-6-3-5-1/h4-6H. The zero-order valence-electron chi connectivity index (χ0n) is 3.23. The van der Waals surface area contributed by atoms with Gasteiger partial charge in [-0.2, -0.15) is 0 Å². The van der Waals surface area contributed by atoms with Crippen molar-refractivity contribution in [3.63, 3.8) is 0 Å². The summed E-state index contributed by atoms with van der Waals surface area (Å²) in [6.45, 7) is 0. The van der Waals surface area contributed by atoms with Crippen LogP contribution in [-0.4, -0.2) is 22.6 Å². The summed E-state index contributed by atoms with van der Waals surface area (Å²) in [5.74, 6) is 0. The van der Waals surface area contributed by atoms with Gasteiger partial charge in [-0.05, 0) is 0 Å². The van der Waals surface area contributed by atoms with Crippen molar-refractivity contribution >= 4 is 22.6 Å². The van der Waals surface area contributed by atoms with E-state index in [0.717, 1.165) is 0 Å². The molecular formula is H3B3N3. The quantitative estimate of drug-likeness (QED) is 0.277. The van der Waals surface area contributed by atoms with Crippen LogP contribution in [0.2, 0.25) is 0 Å². The first-order valence-corrected chi connectivity index (χ1v) is 1.73. The summed E-state index contributed by atoms with van der Waals surface area (Å²) in [4.78, 5) is 0. The molecule has 0 unspecified atom stereocenters. The molecular weight excluding hydrogens is 74.5 g/mol. The molecule has 0 spiro atoms. The molecule has 0 aliphatic carbocycles. The van der Waals surface area contributed by atoms with E-state index in [1.165, 1.54) is 0 Å². The highest BCUT2D eigenvalue weighted by Gasteiger charge is 1.98. The fraction of sp³-hybridized carbons (Fsp3) is 0. The molecule has 0 saturated carbocycles. The fourth-order valence-electron chi connectivity index (χ4n) is 0.269. The van der Waals surface area contributed by atoms with E-state index < -0.39 is 0 Å². The van der Waals surface area contributed by atoms with Crippen molar-refractivity contribution in [3.05, 3.63) is 0 Å². The van der Waals surface area contributed by atoms with E-state index in [9.17, 15) is 0 Å². The minimum atomic E-state index is 1.72. The second-order valence-corrected chi connectivity index (χ2v) is 0.933. The van der Waals surface area contributed by atoms with Crippen molar-refractivity contribution in [2.45, 2.75) is 0 Å². The van der Waals surface area contributed by atoms with E-state index in [0.29, 0.717) is 0 Å². The molecule has 0 bridgehead atoms. The Morgan fingerprint density at radius 2 is 1.00 bits per heavy atom. The third-order valence-electron chi connectivity index (χ3n) is 0.500. The molecule has 1 aliphatic rings. The highest BCUT2D eigenvalue weighted by Crippen LogP contribution is 1.46. The first kappa shape index (κ1) is 4.24. The van der Waals surface area contributed by atoms with Crippen LogP contribution in [0.4, 0.5) is 0 Å². The molecule has 0 aromatic carbocycles. The first-order chi connectivity index (χ1) is 3.00. The van der Waals surface area contributed by atoms with Crippen LogP contribution in [-0.2, 0) is 0 Å². The third kappa shape index (κ3) is 1.04. The molecule has 0 aromatic heterocycles. The van der Waals surface area contributed by atoms with Crippen LogP contribution < -0.4 is 15.4 Å². The maximum Gasteiger partial charge on any atom is 0.284 e. The minimum Gasteiger partial charge on any atom is -0.379 e. The van der Waals surface area contributed by atoms with Gasteiger partial charge in [-0.25, -0.2) is 0 Å². The largest absolute Gasteiger partial charge is 0.379 e. The van der Waals surface area contributed by atoms with Gasteiger partial charge < -0.3 is 15.4 Å². The Morgan fingerprint density at radius 3 is 1.17 bits per heavy atom. The Balaban J connectivity index is 2.00. The van der Waals surface area contributed by atoms with Gasteiger partial charge >= 0.3 is 0 Å². The van der Waals surface area contributed by atoms with E-state index in [1.54, 1.807) is 22.6 Å². The molecule has 6 heteroatoms. The Labute approximate surface area is 39.1 Å². The highest BCUT2D eigenvalue weighted by atomic mass is 15.0. The van der Waals surface area contributed by atoms with Crippen molar-refractivity contribution in [2.75, 3.05) is 0 Å². The number of rotatable bonds is 0. The molecule has 0 amide bonds. The van der Waals surface area contributed by atoms with Gasteiger partial charge in [0.1, 0.15) is 0 Å². The van der Waals surface area contributed by atoms with E-state index in [1.807, 2.05) is 0 Å². The normalized spacial score (nSPS) is 20.0. The van der Waals surface area contributed by atoms with Crippen LogP contribution in [0, 0.1) is 0 Å². The molecule has 3 N–H and O–H groups in total. The van der Waals surface area contributed by atoms with Gasteiger partial charge in [-0.1, -0.05) is 0 Å². The van der Waals surface area contributed by atoms with Crippen LogP contribution in [0.3, 0.4) is 0 Å². The fourth-order valence-corrected chi connectivity index (χ4v) is 0.269. The molecule has 1 rings (SSSR count). The number of hydrogen-bond acceptors (Lipinski definition) is 3. The zero-order chi connectivity index (χ0) is 4.24. The van der Waals surface area contributed by atoms with Crippen LogP contribution in [0.5, 0.6) is 0 Å². The Kier molecular flexibility index (Phi) is 1.61. The molecule has 1 aliphatic heterocycles. The molecule has 3 nitrogen and oxygen atoms in total. The summed E-state index contributed by atoms with van der Waals surface area (Å²) in [6, 6.07) is 0. The van der Waals surface area contributed by atoms with E-state index >= 15 is 0 Å². The van der Waals surface area contributed by atoms with Gasteiger partial charge in [0.05, 0.1) is 0 Å². The van der Waals surface area contributed by atoms with Crippen LogP contribution in [0.25, 0.3) is 0 Å². The molecule has 0 atom stereocenters. The molecule has 3 radical (unpaired) electrons. The summed E-state index contributed by atoms with van der Waals surface area (Å²) in [5.41, 5.74) is 0. The lowest BCUT2D eigenvalue weighted by Gasteiger charge is -2.07. The number of nitrogens with one attached hydrogen (secondary N) is 3. The molecule has 1 heterocycles. The van der Waals surface area contributed by atoms with Crippen molar-refractivity contribution in [1.82, 2.24) is 15.4 Å². The second kappa shape index (κ2) is 2.28. The second-order valence-electron chi connectivity index (χ2n) is 0.933. The zero-order valence-corrected chi connectivity index (χ0v) is 3.23. The summed E-state index contributed by atoms with van der Waals surface area (Å²) >= 11 is 0. The van der Waals surface area contributed by atoms with E-state index in [4.69, 9.17) is 0 Å². The summed E-state index contributed by atoms with van der Waals surface area (Å²) in [7, 11) is 5.16. The van der Waals surface area contributed by atoms with E-state index in [-0.39, 0.29) is 0 Å². The highest BCUT2D eigenvalue weighted by molar-refractivity contribution is 6.65. The van der Waals surface area contributed by atoms with Crippen LogP contribution in [0.1, 0.15) is 0 Å². The smallest absolute Gasteiger partial charge is 0.284 e. The van der Waals surface area contributed by atoms with Gasteiger partial charge in [0.25, 0.3) is 22.6 Å². The monoisotopic (exact) mass is 78.1 g/mol. The maximum absolute atomic E-state index is 2.78. The average Bonchev–Trinajstić information content (AvgIpc) is 1.72. The topological polar surface area (TPSA) is 36.1 Å². The lowest BCUT2D eigenvalue weighted by molar-refractivity contribution is 1.28. The van der Waals surface area contributed by atoms with Gasteiger partial charge in [0, 0.05) is 0 Å². The SMILES string of the molecule is [B]1N[B]N[B]N1. The summed E-state index contributed by atoms with van der Waals surface area (Å²) < 4.78 is 0. The lowest BCUT2D eigenvalue weighted by atomic mass is 9.85. The third-order valence-corrected chi connectivity index (χ3v) is 0.500. The van der Waals surface area contributed by atoms with Gasteiger partial charge in [0.2, 0.25) is 0 Å². The maximum atomic E-state index is 2.78. The van der Waals surface area contributed by atoms with Crippen molar-refractivity contribution in [3.8, 4) is 0 Å². The number of hydrogen-bond donors (Lipinski definition) is 3. The molecule has 27 valence electrons. The Bertz CT molecular complexity index is 21.5. The summed E-state index contributed by atoms with van der Waals surface area (Å²) in [5, 5.41) is 8.34. The Hall–Kier alpha value is 0.0748. The van der Waals surface area contributed by atoms with Gasteiger partial charge in [-0.3, -0.25) is 0 Å². The summed E-state index contributed by atoms with van der Waals surface area (Å²) in [6.07, 6.45) is 0. The lowest BCUT2D eigenvalue weighted by Crippen LogP contribution is -2.55. The van der Waals surface area contributed by atoms with Gasteiger partial charge in [-0.15, -0.1) is 0 Å². The molecule has 1 fully saturated rings. The van der Waals surface area contributed by atoms with Gasteiger partial charge in [0.15, 0.2) is 0 Å². The predicted octanol–water partition coefficient (Wildman–Crippen LogP) is -2.63. The minimum absolute atomic E-state index is 1.72. The Morgan fingerprint density at radius 1 is 0.667 bits per heavy atom. The van der Waals surface area contributed by atoms with E-state index in [2.05, 4.69) is 15.4 Å². The molecule has 1 saturated heterocycles. The average molecular weight is 77.5 g/mol. The molecule has 6 heavy (non-hydrogen) atoms. The van der Waals surface area contributed by atoms with Crippen LogP contribution in [0.15, 0.2) is 0 Å². The van der Waals surface area contributed by atoms with Crippen LogP contribution >= 0.6 is 0 Å². The van der Waals surface area contributed by atoms with Crippen molar-refractivity contribution in [1.29, 1.82) is 0 Å².